The van der Waals surface area contributed by atoms with Gasteiger partial charge in [-0.25, -0.2) is 4.39 Å². The number of hydrogen-bond acceptors (Lipinski definition) is 6. The van der Waals surface area contributed by atoms with Crippen molar-refractivity contribution in [2.45, 2.75) is 13.8 Å². The van der Waals surface area contributed by atoms with Crippen molar-refractivity contribution < 1.29 is 23.7 Å². The van der Waals surface area contributed by atoms with Gasteiger partial charge in [0.1, 0.15) is 12.4 Å². The number of nitrogens with one attached hydrogen (secondary N) is 1. The Bertz CT molecular complexity index is 1410. The number of aryl methyl sites for hydroxylation is 1. The summed E-state index contributed by atoms with van der Waals surface area (Å²) in [7, 11) is 0. The van der Waals surface area contributed by atoms with E-state index in [2.05, 4.69) is 5.32 Å². The van der Waals surface area contributed by atoms with Gasteiger partial charge in [-0.05, 0) is 61.5 Å². The van der Waals surface area contributed by atoms with Crippen LogP contribution in [0.3, 0.4) is 0 Å². The normalized spacial score (nSPS) is 14.6. The average molecular weight is 495 g/mol. The van der Waals surface area contributed by atoms with Crippen LogP contribution in [-0.4, -0.2) is 38.0 Å². The van der Waals surface area contributed by atoms with E-state index in [1.807, 2.05) is 11.5 Å². The Morgan fingerprint density at radius 1 is 1.14 bits per heavy atom. The Balaban J connectivity index is 1.55. The van der Waals surface area contributed by atoms with Crippen molar-refractivity contribution >= 4 is 46.3 Å². The highest BCUT2D eigenvalue weighted by Crippen LogP contribution is 2.34. The van der Waals surface area contributed by atoms with Crippen LogP contribution in [0.2, 0.25) is 0 Å². The lowest BCUT2D eigenvalue weighted by molar-refractivity contribution is -0.384. The maximum Gasteiger partial charge on any atom is 0.294 e. The van der Waals surface area contributed by atoms with Gasteiger partial charge in [0.25, 0.3) is 16.8 Å². The first kappa shape index (κ1) is 23.9. The van der Waals surface area contributed by atoms with Gasteiger partial charge in [0.15, 0.2) is 0 Å². The number of nitro benzene ring substituents is 1. The molecular weight excluding hydrogens is 475 g/mol. The molecule has 1 fully saturated rings. The molecule has 1 aliphatic heterocycles. The van der Waals surface area contributed by atoms with Crippen LogP contribution in [0.15, 0.2) is 59.5 Å². The number of nitro groups is 1. The zero-order valence-corrected chi connectivity index (χ0v) is 19.5. The first-order chi connectivity index (χ1) is 16.7. The lowest BCUT2D eigenvalue weighted by Gasteiger charge is -2.12. The quantitative estimate of drug-likeness (QED) is 0.299. The van der Waals surface area contributed by atoms with E-state index >= 15 is 0 Å². The highest BCUT2D eigenvalue weighted by molar-refractivity contribution is 8.18. The molecule has 178 valence electrons. The summed E-state index contributed by atoms with van der Waals surface area (Å²) in [5.41, 5.74) is 2.63. The number of imide groups is 1. The minimum absolute atomic E-state index is 0.0476. The molecule has 2 heterocycles. The summed E-state index contributed by atoms with van der Waals surface area (Å²) in [4.78, 5) is 49.2. The molecule has 9 nitrogen and oxygen atoms in total. The summed E-state index contributed by atoms with van der Waals surface area (Å²) in [6.45, 7) is 3.06. The largest absolute Gasteiger partial charge is 0.322 e. The molecule has 0 bridgehead atoms. The molecule has 35 heavy (non-hydrogen) atoms. The molecule has 0 radical (unpaired) electrons. The van der Waals surface area contributed by atoms with E-state index < -0.39 is 34.3 Å². The SMILES string of the molecule is Cc1cc(/C=C2/SC(=O)N(CC(=O)Nc3ccccc3F)C2=O)c(C)n1-c1cccc([N+](=O)[O-])c1. The predicted molar refractivity (Wildman–Crippen MR) is 130 cm³/mol. The number of carbonyl (C=O) groups excluding carboxylic acids is 3. The van der Waals surface area contributed by atoms with Gasteiger partial charge in [-0.1, -0.05) is 18.2 Å². The van der Waals surface area contributed by atoms with Crippen LogP contribution < -0.4 is 5.32 Å². The van der Waals surface area contributed by atoms with Crippen LogP contribution in [-0.2, 0) is 9.59 Å². The molecule has 0 aliphatic carbocycles. The van der Waals surface area contributed by atoms with Gasteiger partial charge < -0.3 is 9.88 Å². The number of rotatable bonds is 6. The molecule has 11 heteroatoms. The summed E-state index contributed by atoms with van der Waals surface area (Å²) >= 11 is 0.700. The van der Waals surface area contributed by atoms with Crippen molar-refractivity contribution in [3.05, 3.63) is 92.4 Å². The van der Waals surface area contributed by atoms with Crippen molar-refractivity contribution in [1.82, 2.24) is 9.47 Å². The molecule has 4 rings (SSSR count). The van der Waals surface area contributed by atoms with Crippen molar-refractivity contribution in [2.75, 3.05) is 11.9 Å². The summed E-state index contributed by atoms with van der Waals surface area (Å²) in [5, 5.41) is 12.9. The Hall–Kier alpha value is -4.25. The minimum atomic E-state index is -0.706. The van der Waals surface area contributed by atoms with Crippen molar-refractivity contribution in [2.24, 2.45) is 0 Å². The second kappa shape index (κ2) is 9.55. The highest BCUT2D eigenvalue weighted by atomic mass is 32.2. The number of thioether (sulfide) groups is 1. The molecular formula is C24H19FN4O5S. The second-order valence-corrected chi connectivity index (χ2v) is 8.73. The highest BCUT2D eigenvalue weighted by Gasteiger charge is 2.36. The van der Waals surface area contributed by atoms with E-state index in [1.165, 1.54) is 30.3 Å². The zero-order chi connectivity index (χ0) is 25.3. The predicted octanol–water partition coefficient (Wildman–Crippen LogP) is 4.82. The Morgan fingerprint density at radius 2 is 1.89 bits per heavy atom. The number of amides is 3. The van der Waals surface area contributed by atoms with Gasteiger partial charge >= 0.3 is 0 Å². The summed E-state index contributed by atoms with van der Waals surface area (Å²) < 4.78 is 15.6. The molecule has 0 atom stereocenters. The van der Waals surface area contributed by atoms with E-state index in [-0.39, 0.29) is 16.3 Å². The number of aromatic nitrogens is 1. The van der Waals surface area contributed by atoms with Crippen LogP contribution in [0.5, 0.6) is 0 Å². The average Bonchev–Trinajstić information content (AvgIpc) is 3.24. The number of non-ortho nitro benzene ring substituents is 1. The lowest BCUT2D eigenvalue weighted by Crippen LogP contribution is -2.36. The zero-order valence-electron chi connectivity index (χ0n) is 18.6. The fraction of sp³-hybridized carbons (Fsp3) is 0.125. The van der Waals surface area contributed by atoms with E-state index in [4.69, 9.17) is 0 Å². The molecule has 3 amide bonds. The van der Waals surface area contributed by atoms with Crippen LogP contribution >= 0.6 is 11.8 Å². The number of para-hydroxylation sites is 1. The molecule has 2 aromatic carbocycles. The van der Waals surface area contributed by atoms with Crippen LogP contribution in [0.4, 0.5) is 20.6 Å². The van der Waals surface area contributed by atoms with Gasteiger partial charge in [-0.15, -0.1) is 0 Å². The molecule has 0 unspecified atom stereocenters. The second-order valence-electron chi connectivity index (χ2n) is 7.73. The maximum atomic E-state index is 13.8. The standard InChI is InChI=1S/C24H19FN4O5S/c1-14-10-16(15(2)28(14)17-6-5-7-18(12-17)29(33)34)11-21-23(31)27(24(32)35-21)13-22(30)26-20-9-4-3-8-19(20)25/h3-12H,13H2,1-2H3,(H,26,30)/b21-11+. The van der Waals surface area contributed by atoms with Gasteiger partial charge in [0, 0.05) is 23.5 Å². The molecule has 1 saturated heterocycles. The third kappa shape index (κ3) is 4.85. The number of benzene rings is 2. The number of anilines is 1. The van der Waals surface area contributed by atoms with Gasteiger partial charge in [-0.2, -0.15) is 0 Å². The summed E-state index contributed by atoms with van der Waals surface area (Å²) in [6.07, 6.45) is 1.55. The molecule has 1 aliphatic rings. The van der Waals surface area contributed by atoms with E-state index in [1.54, 1.807) is 37.3 Å². The van der Waals surface area contributed by atoms with Gasteiger partial charge in [0.2, 0.25) is 5.91 Å². The smallest absolute Gasteiger partial charge is 0.294 e. The third-order valence-corrected chi connectivity index (χ3v) is 6.29. The molecule has 1 N–H and O–H groups in total. The Labute approximate surface area is 203 Å². The fourth-order valence-corrected chi connectivity index (χ4v) is 4.58. The van der Waals surface area contributed by atoms with Gasteiger partial charge in [0.05, 0.1) is 21.2 Å². The Morgan fingerprint density at radius 3 is 2.60 bits per heavy atom. The molecule has 0 spiro atoms. The van der Waals surface area contributed by atoms with Crippen LogP contribution in [0, 0.1) is 29.8 Å². The number of nitrogens with zero attached hydrogens (tertiary/aromatic N) is 3. The number of hydrogen-bond donors (Lipinski definition) is 1. The number of halogens is 1. The molecule has 3 aromatic rings. The lowest BCUT2D eigenvalue weighted by atomic mass is 10.2. The van der Waals surface area contributed by atoms with Crippen LogP contribution in [0.25, 0.3) is 11.8 Å². The third-order valence-electron chi connectivity index (χ3n) is 5.38. The number of carbonyl (C=O) groups is 3. The van der Waals surface area contributed by atoms with E-state index in [9.17, 15) is 28.9 Å². The first-order valence-electron chi connectivity index (χ1n) is 10.4. The van der Waals surface area contributed by atoms with Crippen LogP contribution in [0.1, 0.15) is 17.0 Å². The maximum absolute atomic E-state index is 13.8. The van der Waals surface area contributed by atoms with Gasteiger partial charge in [-0.3, -0.25) is 29.4 Å². The topological polar surface area (TPSA) is 115 Å². The molecule has 1 aromatic heterocycles. The summed E-state index contributed by atoms with van der Waals surface area (Å²) in [6, 6.07) is 13.5. The van der Waals surface area contributed by atoms with Crippen molar-refractivity contribution in [3.63, 3.8) is 0 Å². The van der Waals surface area contributed by atoms with Crippen molar-refractivity contribution in [3.8, 4) is 5.69 Å². The Kier molecular flexibility index (Phi) is 6.52. The first-order valence-corrected chi connectivity index (χ1v) is 11.2. The molecule has 0 saturated carbocycles. The summed E-state index contributed by atoms with van der Waals surface area (Å²) in [5.74, 6) is -1.97. The minimum Gasteiger partial charge on any atom is -0.322 e. The van der Waals surface area contributed by atoms with Crippen molar-refractivity contribution in [1.29, 1.82) is 0 Å². The van der Waals surface area contributed by atoms with E-state index in [0.717, 1.165) is 10.6 Å². The van der Waals surface area contributed by atoms with E-state index in [0.29, 0.717) is 28.7 Å². The monoisotopic (exact) mass is 494 g/mol. The fourth-order valence-electron chi connectivity index (χ4n) is 3.75.